The van der Waals surface area contributed by atoms with Crippen molar-refractivity contribution >= 4 is 18.0 Å². The molecule has 0 heterocycles. The average molecular weight is 540 g/mol. The average Bonchev–Trinajstić information content (AvgIpc) is 2.88. The van der Waals surface area contributed by atoms with Crippen LogP contribution in [0.25, 0.3) is 0 Å². The minimum absolute atomic E-state index is 0.00385. The van der Waals surface area contributed by atoms with Gasteiger partial charge in [0.15, 0.2) is 0 Å². The highest BCUT2D eigenvalue weighted by Gasteiger charge is 2.42. The first-order valence-corrected chi connectivity index (χ1v) is 13.5. The van der Waals surface area contributed by atoms with E-state index >= 15 is 0 Å². The Kier molecular flexibility index (Phi) is 10.8. The molecule has 3 unspecified atom stereocenters. The van der Waals surface area contributed by atoms with Crippen LogP contribution in [-0.2, 0) is 19.0 Å². The molecule has 1 aliphatic rings. The number of rotatable bonds is 12. The zero-order valence-electron chi connectivity index (χ0n) is 23.4. The molecule has 2 aromatic carbocycles. The fourth-order valence-corrected chi connectivity index (χ4v) is 5.67. The van der Waals surface area contributed by atoms with Gasteiger partial charge in [0.25, 0.3) is 0 Å². The number of ether oxygens (including phenoxy) is 4. The highest BCUT2D eigenvalue weighted by Crippen LogP contribution is 2.49. The van der Waals surface area contributed by atoms with Crippen LogP contribution < -0.4 is 10.1 Å². The summed E-state index contributed by atoms with van der Waals surface area (Å²) in [5, 5.41) is 2.89. The van der Waals surface area contributed by atoms with Gasteiger partial charge >= 0.3 is 18.0 Å². The number of para-hydroxylation sites is 1. The highest BCUT2D eigenvalue weighted by molar-refractivity contribution is 5.89. The lowest BCUT2D eigenvalue weighted by Gasteiger charge is -2.46. The van der Waals surface area contributed by atoms with Gasteiger partial charge in [0.05, 0.1) is 5.56 Å². The molecule has 8 nitrogen and oxygen atoms in total. The molecule has 0 bridgehead atoms. The summed E-state index contributed by atoms with van der Waals surface area (Å²) in [6.07, 6.45) is 1.82. The van der Waals surface area contributed by atoms with E-state index in [1.807, 2.05) is 36.4 Å². The second-order valence-electron chi connectivity index (χ2n) is 11.5. The van der Waals surface area contributed by atoms with Gasteiger partial charge in [-0.05, 0) is 67.2 Å². The zero-order valence-corrected chi connectivity index (χ0v) is 23.4. The van der Waals surface area contributed by atoms with Crippen molar-refractivity contribution in [2.45, 2.75) is 59.5 Å². The molecule has 8 heteroatoms. The van der Waals surface area contributed by atoms with Crippen molar-refractivity contribution in [1.82, 2.24) is 5.32 Å². The van der Waals surface area contributed by atoms with Crippen LogP contribution in [0.15, 0.2) is 60.7 Å². The molecule has 3 rings (SSSR count). The maximum atomic E-state index is 12.7. The van der Waals surface area contributed by atoms with E-state index in [9.17, 15) is 14.4 Å². The SMILES string of the molecule is CC(COC(=O)c1ccccc1)OC(=O)CC1CC(C)(C)CC(C)(CNC(=O)OCCOc2ccccc2)C1. The molecule has 1 saturated carbocycles. The van der Waals surface area contributed by atoms with Gasteiger partial charge in [-0.2, -0.15) is 0 Å². The Morgan fingerprint density at radius 2 is 1.59 bits per heavy atom. The summed E-state index contributed by atoms with van der Waals surface area (Å²) >= 11 is 0. The standard InChI is InChI=1S/C31H41NO7/c1-23(20-38-28(34)25-11-7-5-8-12-25)39-27(33)17-24-18-30(2,3)21-31(4,19-24)22-32-29(35)37-16-15-36-26-13-9-6-10-14-26/h5-14,23-24H,15-22H2,1-4H3,(H,32,35). The lowest BCUT2D eigenvalue weighted by Crippen LogP contribution is -2.44. The third-order valence-corrected chi connectivity index (χ3v) is 6.76. The van der Waals surface area contributed by atoms with Crippen LogP contribution in [0.4, 0.5) is 4.79 Å². The van der Waals surface area contributed by atoms with Crippen LogP contribution in [0.5, 0.6) is 5.75 Å². The Morgan fingerprint density at radius 1 is 0.923 bits per heavy atom. The second-order valence-corrected chi connectivity index (χ2v) is 11.5. The van der Waals surface area contributed by atoms with Crippen molar-refractivity contribution in [1.29, 1.82) is 0 Å². The van der Waals surface area contributed by atoms with E-state index in [-0.39, 0.29) is 49.0 Å². The van der Waals surface area contributed by atoms with Gasteiger partial charge in [-0.3, -0.25) is 4.79 Å². The normalized spacial score (nSPS) is 20.8. The minimum Gasteiger partial charge on any atom is -0.490 e. The summed E-state index contributed by atoms with van der Waals surface area (Å²) in [5.41, 5.74) is 0.269. The zero-order chi connectivity index (χ0) is 28.3. The third-order valence-electron chi connectivity index (χ3n) is 6.76. The summed E-state index contributed by atoms with van der Waals surface area (Å²) in [6, 6.07) is 18.1. The molecule has 1 fully saturated rings. The molecule has 1 amide bonds. The van der Waals surface area contributed by atoms with Crippen LogP contribution in [0.1, 0.15) is 63.7 Å². The van der Waals surface area contributed by atoms with Crippen LogP contribution in [-0.4, -0.2) is 50.5 Å². The Hall–Kier alpha value is -3.55. The molecule has 0 spiro atoms. The number of hydrogen-bond acceptors (Lipinski definition) is 7. The van der Waals surface area contributed by atoms with Gasteiger partial charge < -0.3 is 24.3 Å². The maximum Gasteiger partial charge on any atom is 0.407 e. The third kappa shape index (κ3) is 10.6. The van der Waals surface area contributed by atoms with E-state index in [0.717, 1.165) is 25.0 Å². The van der Waals surface area contributed by atoms with Gasteiger partial charge in [0, 0.05) is 13.0 Å². The quantitative estimate of drug-likeness (QED) is 0.207. The van der Waals surface area contributed by atoms with E-state index in [1.165, 1.54) is 0 Å². The Labute approximate surface area is 231 Å². The van der Waals surface area contributed by atoms with E-state index in [2.05, 4.69) is 26.1 Å². The first-order valence-electron chi connectivity index (χ1n) is 13.5. The first-order chi connectivity index (χ1) is 18.5. The summed E-state index contributed by atoms with van der Waals surface area (Å²) < 4.78 is 21.6. The molecule has 0 saturated heterocycles. The molecule has 0 aromatic heterocycles. The fourth-order valence-electron chi connectivity index (χ4n) is 5.67. The molecule has 39 heavy (non-hydrogen) atoms. The summed E-state index contributed by atoms with van der Waals surface area (Å²) in [6.45, 7) is 9.09. The first kappa shape index (κ1) is 30.0. The number of carbonyl (C=O) groups excluding carboxylic acids is 3. The molecule has 0 aliphatic heterocycles. The predicted octanol–water partition coefficient (Wildman–Crippen LogP) is 5.80. The van der Waals surface area contributed by atoms with E-state index in [4.69, 9.17) is 18.9 Å². The van der Waals surface area contributed by atoms with Gasteiger partial charge in [-0.1, -0.05) is 57.2 Å². The van der Waals surface area contributed by atoms with Crippen LogP contribution in [0.3, 0.4) is 0 Å². The smallest absolute Gasteiger partial charge is 0.407 e. The Morgan fingerprint density at radius 3 is 2.28 bits per heavy atom. The van der Waals surface area contributed by atoms with Crippen molar-refractivity contribution in [3.8, 4) is 5.75 Å². The van der Waals surface area contributed by atoms with Crippen molar-refractivity contribution in [2.75, 3.05) is 26.4 Å². The molecule has 212 valence electrons. The molecule has 3 atom stereocenters. The van der Waals surface area contributed by atoms with Crippen LogP contribution >= 0.6 is 0 Å². The summed E-state index contributed by atoms with van der Waals surface area (Å²) in [5.74, 6) is 0.0835. The maximum absolute atomic E-state index is 12.7. The van der Waals surface area contributed by atoms with Crippen molar-refractivity contribution < 1.29 is 33.3 Å². The molecule has 2 aromatic rings. The van der Waals surface area contributed by atoms with Crippen molar-refractivity contribution in [3.63, 3.8) is 0 Å². The number of nitrogens with one attached hydrogen (secondary N) is 1. The molecule has 1 aliphatic carbocycles. The van der Waals surface area contributed by atoms with E-state index in [0.29, 0.717) is 12.1 Å². The van der Waals surface area contributed by atoms with Crippen LogP contribution in [0.2, 0.25) is 0 Å². The number of benzene rings is 2. The second kappa shape index (κ2) is 14.0. The molecule has 1 N–H and O–H groups in total. The van der Waals surface area contributed by atoms with E-state index in [1.54, 1.807) is 31.2 Å². The van der Waals surface area contributed by atoms with Crippen LogP contribution in [0, 0.1) is 16.7 Å². The fraction of sp³-hybridized carbons (Fsp3) is 0.516. The highest BCUT2D eigenvalue weighted by atomic mass is 16.6. The lowest BCUT2D eigenvalue weighted by atomic mass is 9.60. The minimum atomic E-state index is -0.546. The van der Waals surface area contributed by atoms with Gasteiger partial charge in [-0.15, -0.1) is 0 Å². The molecular formula is C31H41NO7. The van der Waals surface area contributed by atoms with E-state index < -0.39 is 18.2 Å². The lowest BCUT2D eigenvalue weighted by molar-refractivity contribution is -0.152. The monoisotopic (exact) mass is 539 g/mol. The number of amides is 1. The predicted molar refractivity (Wildman–Crippen MR) is 147 cm³/mol. The number of alkyl carbamates (subject to hydrolysis) is 1. The van der Waals surface area contributed by atoms with Gasteiger partial charge in [0.1, 0.15) is 31.7 Å². The summed E-state index contributed by atoms with van der Waals surface area (Å²) in [4.78, 5) is 37.1. The van der Waals surface area contributed by atoms with Crippen molar-refractivity contribution in [2.24, 2.45) is 16.7 Å². The Balaban J connectivity index is 1.40. The van der Waals surface area contributed by atoms with Crippen molar-refractivity contribution in [3.05, 3.63) is 66.2 Å². The summed E-state index contributed by atoms with van der Waals surface area (Å²) in [7, 11) is 0. The Bertz CT molecular complexity index is 1070. The largest absolute Gasteiger partial charge is 0.490 e. The number of hydrogen-bond donors (Lipinski definition) is 1. The van der Waals surface area contributed by atoms with Gasteiger partial charge in [0.2, 0.25) is 0 Å². The number of carbonyl (C=O) groups is 3. The molecular weight excluding hydrogens is 498 g/mol. The van der Waals surface area contributed by atoms with Gasteiger partial charge in [-0.25, -0.2) is 9.59 Å². The topological polar surface area (TPSA) is 100 Å². The number of esters is 2. The molecule has 0 radical (unpaired) electrons.